The van der Waals surface area contributed by atoms with Gasteiger partial charge >= 0.3 is 5.97 Å². The molecule has 2 aromatic carbocycles. The molecule has 0 aliphatic heterocycles. The van der Waals surface area contributed by atoms with Crippen molar-refractivity contribution in [1.29, 1.82) is 0 Å². The standard InChI is InChI=1S/C16H12Cl2O2/c1-10-3-2-4-11(7-10)13(9-16(19)20)12-5-6-14(17)15(18)8-12/h2-9H,1H3,(H,19,20). The molecule has 4 heteroatoms. The van der Waals surface area contributed by atoms with Crippen LogP contribution in [0.3, 0.4) is 0 Å². The molecular formula is C16H12Cl2O2. The quantitative estimate of drug-likeness (QED) is 0.826. The van der Waals surface area contributed by atoms with Crippen LogP contribution in [0, 0.1) is 6.92 Å². The Morgan fingerprint density at radius 1 is 1.05 bits per heavy atom. The summed E-state index contributed by atoms with van der Waals surface area (Å²) in [6, 6.07) is 12.7. The van der Waals surface area contributed by atoms with E-state index in [4.69, 9.17) is 28.3 Å². The van der Waals surface area contributed by atoms with Crippen LogP contribution in [-0.2, 0) is 4.79 Å². The molecule has 0 atom stereocenters. The van der Waals surface area contributed by atoms with Crippen LogP contribution in [0.4, 0.5) is 0 Å². The van der Waals surface area contributed by atoms with Gasteiger partial charge in [0.1, 0.15) is 0 Å². The Morgan fingerprint density at radius 3 is 2.35 bits per heavy atom. The van der Waals surface area contributed by atoms with Gasteiger partial charge in [-0.25, -0.2) is 4.79 Å². The molecule has 102 valence electrons. The molecule has 20 heavy (non-hydrogen) atoms. The van der Waals surface area contributed by atoms with Gasteiger partial charge in [0.05, 0.1) is 10.0 Å². The molecule has 0 bridgehead atoms. The normalized spacial score (nSPS) is 11.4. The molecule has 0 spiro atoms. The minimum absolute atomic E-state index is 0.396. The number of aryl methyl sites for hydroxylation is 1. The van der Waals surface area contributed by atoms with E-state index in [1.165, 1.54) is 6.08 Å². The second kappa shape index (κ2) is 6.12. The second-order valence-electron chi connectivity index (χ2n) is 4.39. The van der Waals surface area contributed by atoms with Gasteiger partial charge in [0.25, 0.3) is 0 Å². The first-order valence-electron chi connectivity index (χ1n) is 5.94. The molecule has 0 fully saturated rings. The third-order valence-corrected chi connectivity index (χ3v) is 3.57. The molecule has 0 radical (unpaired) electrons. The molecule has 2 nitrogen and oxygen atoms in total. The van der Waals surface area contributed by atoms with Crippen molar-refractivity contribution >= 4 is 34.7 Å². The fraction of sp³-hybridized carbons (Fsp3) is 0.0625. The zero-order valence-electron chi connectivity index (χ0n) is 10.7. The number of halogens is 2. The van der Waals surface area contributed by atoms with E-state index in [1.807, 2.05) is 31.2 Å². The van der Waals surface area contributed by atoms with Crippen molar-refractivity contribution in [3.05, 3.63) is 75.3 Å². The SMILES string of the molecule is Cc1cccc(C(=CC(=O)O)c2ccc(Cl)c(Cl)c2)c1. The first kappa shape index (κ1) is 14.6. The first-order chi connectivity index (χ1) is 9.47. The van der Waals surface area contributed by atoms with Crippen molar-refractivity contribution in [1.82, 2.24) is 0 Å². The largest absolute Gasteiger partial charge is 0.478 e. The summed E-state index contributed by atoms with van der Waals surface area (Å²) in [6.07, 6.45) is 1.17. The van der Waals surface area contributed by atoms with Gasteiger partial charge in [-0.1, -0.05) is 59.1 Å². The van der Waals surface area contributed by atoms with Gasteiger partial charge in [0.2, 0.25) is 0 Å². The highest BCUT2D eigenvalue weighted by atomic mass is 35.5. The first-order valence-corrected chi connectivity index (χ1v) is 6.70. The van der Waals surface area contributed by atoms with Gasteiger partial charge in [-0.05, 0) is 35.8 Å². The predicted octanol–water partition coefficient (Wildman–Crippen LogP) is 4.82. The predicted molar refractivity (Wildman–Crippen MR) is 82.4 cm³/mol. The third-order valence-electron chi connectivity index (χ3n) is 2.83. The van der Waals surface area contributed by atoms with Crippen molar-refractivity contribution in [2.45, 2.75) is 6.92 Å². The number of aliphatic carboxylic acids is 1. The summed E-state index contributed by atoms with van der Waals surface area (Å²) in [7, 11) is 0. The molecule has 0 aromatic heterocycles. The molecule has 0 aliphatic carbocycles. The number of hydrogen-bond donors (Lipinski definition) is 1. The highest BCUT2D eigenvalue weighted by Gasteiger charge is 2.09. The lowest BCUT2D eigenvalue weighted by Gasteiger charge is -2.09. The van der Waals surface area contributed by atoms with E-state index in [-0.39, 0.29) is 0 Å². The average molecular weight is 307 g/mol. The van der Waals surface area contributed by atoms with Gasteiger partial charge in [0, 0.05) is 6.08 Å². The molecule has 0 saturated carbocycles. The van der Waals surface area contributed by atoms with Crippen LogP contribution in [-0.4, -0.2) is 11.1 Å². The summed E-state index contributed by atoms with van der Waals surface area (Å²) in [5.41, 5.74) is 3.19. The Hall–Kier alpha value is -1.77. The fourth-order valence-electron chi connectivity index (χ4n) is 1.93. The van der Waals surface area contributed by atoms with Gasteiger partial charge < -0.3 is 5.11 Å². The lowest BCUT2D eigenvalue weighted by Crippen LogP contribution is -1.95. The minimum atomic E-state index is -1.01. The van der Waals surface area contributed by atoms with Crippen molar-refractivity contribution in [2.24, 2.45) is 0 Å². The van der Waals surface area contributed by atoms with E-state index in [2.05, 4.69) is 0 Å². The number of hydrogen-bond acceptors (Lipinski definition) is 1. The number of carboxylic acids is 1. The molecule has 1 N–H and O–H groups in total. The fourth-order valence-corrected chi connectivity index (χ4v) is 2.23. The van der Waals surface area contributed by atoms with Crippen molar-refractivity contribution in [3.63, 3.8) is 0 Å². The Bertz CT molecular complexity index is 691. The minimum Gasteiger partial charge on any atom is -0.478 e. The maximum absolute atomic E-state index is 11.1. The van der Waals surface area contributed by atoms with Crippen LogP contribution in [0.2, 0.25) is 10.0 Å². The Balaban J connectivity index is 2.59. The third kappa shape index (κ3) is 3.41. The zero-order chi connectivity index (χ0) is 14.7. The average Bonchev–Trinajstić information content (AvgIpc) is 2.39. The van der Waals surface area contributed by atoms with Gasteiger partial charge in [-0.2, -0.15) is 0 Å². The highest BCUT2D eigenvalue weighted by Crippen LogP contribution is 2.30. The lowest BCUT2D eigenvalue weighted by atomic mass is 9.96. The van der Waals surface area contributed by atoms with Crippen LogP contribution in [0.5, 0.6) is 0 Å². The van der Waals surface area contributed by atoms with Crippen molar-refractivity contribution < 1.29 is 9.90 Å². The van der Waals surface area contributed by atoms with Crippen LogP contribution >= 0.6 is 23.2 Å². The van der Waals surface area contributed by atoms with Crippen LogP contribution in [0.15, 0.2) is 48.5 Å². The molecule has 0 heterocycles. The number of carboxylic acid groups (broad SMARTS) is 1. The van der Waals surface area contributed by atoms with Crippen LogP contribution in [0.25, 0.3) is 5.57 Å². The lowest BCUT2D eigenvalue weighted by molar-refractivity contribution is -0.131. The topological polar surface area (TPSA) is 37.3 Å². The number of rotatable bonds is 3. The zero-order valence-corrected chi connectivity index (χ0v) is 12.2. The highest BCUT2D eigenvalue weighted by molar-refractivity contribution is 6.42. The number of benzene rings is 2. The molecule has 2 aromatic rings. The summed E-state index contributed by atoms with van der Waals surface area (Å²) < 4.78 is 0. The van der Waals surface area contributed by atoms with E-state index in [0.717, 1.165) is 11.1 Å². The van der Waals surface area contributed by atoms with E-state index in [9.17, 15) is 4.79 Å². The molecule has 0 aliphatic rings. The Labute approximate surface area is 127 Å². The summed E-state index contributed by atoms with van der Waals surface area (Å²) in [5.74, 6) is -1.01. The summed E-state index contributed by atoms with van der Waals surface area (Å²) in [6.45, 7) is 1.96. The summed E-state index contributed by atoms with van der Waals surface area (Å²) in [4.78, 5) is 11.1. The molecule has 0 amide bonds. The maximum Gasteiger partial charge on any atom is 0.328 e. The van der Waals surface area contributed by atoms with Crippen molar-refractivity contribution in [3.8, 4) is 0 Å². The Kier molecular flexibility index (Phi) is 4.48. The van der Waals surface area contributed by atoms with Crippen LogP contribution < -0.4 is 0 Å². The number of carbonyl (C=O) groups is 1. The summed E-state index contributed by atoms with van der Waals surface area (Å²) in [5, 5.41) is 9.90. The summed E-state index contributed by atoms with van der Waals surface area (Å²) >= 11 is 11.9. The monoisotopic (exact) mass is 306 g/mol. The smallest absolute Gasteiger partial charge is 0.328 e. The van der Waals surface area contributed by atoms with Gasteiger partial charge in [0.15, 0.2) is 0 Å². The van der Waals surface area contributed by atoms with E-state index in [0.29, 0.717) is 21.2 Å². The maximum atomic E-state index is 11.1. The Morgan fingerprint density at radius 2 is 1.75 bits per heavy atom. The van der Waals surface area contributed by atoms with E-state index < -0.39 is 5.97 Å². The van der Waals surface area contributed by atoms with Gasteiger partial charge in [-0.3, -0.25) is 0 Å². The van der Waals surface area contributed by atoms with E-state index >= 15 is 0 Å². The van der Waals surface area contributed by atoms with Crippen molar-refractivity contribution in [2.75, 3.05) is 0 Å². The van der Waals surface area contributed by atoms with Crippen LogP contribution in [0.1, 0.15) is 16.7 Å². The molecule has 2 rings (SSSR count). The molecular weight excluding hydrogens is 295 g/mol. The van der Waals surface area contributed by atoms with E-state index in [1.54, 1.807) is 18.2 Å². The molecule has 0 unspecified atom stereocenters. The molecule has 0 saturated heterocycles. The second-order valence-corrected chi connectivity index (χ2v) is 5.21. The van der Waals surface area contributed by atoms with Gasteiger partial charge in [-0.15, -0.1) is 0 Å².